The Hall–Kier alpha value is -1.24. The van der Waals surface area contributed by atoms with E-state index in [2.05, 4.69) is 13.4 Å². The Bertz CT molecular complexity index is 906. The number of hydrogen-bond acceptors (Lipinski definition) is 5. The summed E-state index contributed by atoms with van der Waals surface area (Å²) < 4.78 is 99.6. The van der Waals surface area contributed by atoms with Crippen LogP contribution in [0.5, 0.6) is 0 Å². The van der Waals surface area contributed by atoms with Crippen molar-refractivity contribution in [3.63, 3.8) is 0 Å². The van der Waals surface area contributed by atoms with E-state index in [0.717, 1.165) is 24.3 Å². The summed E-state index contributed by atoms with van der Waals surface area (Å²) in [5, 5.41) is 0.436. The van der Waals surface area contributed by atoms with Crippen molar-refractivity contribution in [2.45, 2.75) is 25.2 Å². The second-order valence-corrected chi connectivity index (χ2v) is 10.1. The molecule has 1 aliphatic rings. The first kappa shape index (κ1) is 20.5. The SMILES string of the molecule is CCOP1(=O)OP(=O)(OCC)C(F)(F)c2ccc3ccc(cc3c2)C1(F)F. The molecule has 2 unspecified atom stereocenters. The summed E-state index contributed by atoms with van der Waals surface area (Å²) in [5.74, 6) is 0. The van der Waals surface area contributed by atoms with E-state index in [1.807, 2.05) is 0 Å². The van der Waals surface area contributed by atoms with E-state index < -0.39 is 50.9 Å². The largest absolute Gasteiger partial charge is 0.411 e. The minimum atomic E-state index is -5.65. The lowest BCUT2D eigenvalue weighted by atomic mass is 10.0. The van der Waals surface area contributed by atoms with E-state index in [4.69, 9.17) is 0 Å². The number of benzene rings is 2. The molecule has 3 rings (SSSR count). The van der Waals surface area contributed by atoms with Crippen molar-refractivity contribution in [1.82, 2.24) is 0 Å². The Morgan fingerprint density at radius 1 is 0.815 bits per heavy atom. The number of alkyl halides is 4. The summed E-state index contributed by atoms with van der Waals surface area (Å²) in [5.41, 5.74) is -10.2. The van der Waals surface area contributed by atoms with Gasteiger partial charge in [0, 0.05) is 11.1 Å². The molecular weight excluding hydrogens is 410 g/mol. The fourth-order valence-electron chi connectivity index (χ4n) is 2.73. The Morgan fingerprint density at radius 3 is 1.59 bits per heavy atom. The first-order valence-electron chi connectivity index (χ1n) is 8.02. The molecule has 0 aromatic heterocycles. The maximum atomic E-state index is 15.0. The van der Waals surface area contributed by atoms with Gasteiger partial charge in [-0.1, -0.05) is 24.3 Å². The van der Waals surface area contributed by atoms with Crippen molar-refractivity contribution in [3.8, 4) is 0 Å². The minimum absolute atomic E-state index is 0.0392. The normalized spacial score (nSPS) is 29.3. The predicted molar refractivity (Wildman–Crippen MR) is 91.3 cm³/mol. The van der Waals surface area contributed by atoms with Crippen LogP contribution in [0, 0.1) is 0 Å². The van der Waals surface area contributed by atoms with E-state index in [-0.39, 0.29) is 5.39 Å². The van der Waals surface area contributed by atoms with Gasteiger partial charge in [-0.05, 0) is 36.8 Å². The van der Waals surface area contributed by atoms with Gasteiger partial charge in [0.2, 0.25) is 0 Å². The van der Waals surface area contributed by atoms with E-state index in [1.165, 1.54) is 26.0 Å². The fraction of sp³-hybridized carbons (Fsp3) is 0.375. The summed E-state index contributed by atoms with van der Waals surface area (Å²) in [6.07, 6.45) is 0. The predicted octanol–water partition coefficient (Wildman–Crippen LogP) is 6.43. The topological polar surface area (TPSA) is 61.8 Å². The summed E-state index contributed by atoms with van der Waals surface area (Å²) >= 11 is 0. The molecule has 0 aliphatic carbocycles. The molecular formula is C16H16F4O5P2. The molecule has 0 saturated heterocycles. The smallest absolute Gasteiger partial charge is 0.304 e. The van der Waals surface area contributed by atoms with Crippen molar-refractivity contribution in [2.24, 2.45) is 0 Å². The van der Waals surface area contributed by atoms with E-state index in [0.29, 0.717) is 5.39 Å². The molecule has 0 saturated carbocycles. The highest BCUT2D eigenvalue weighted by atomic mass is 31.3. The Labute approximate surface area is 152 Å². The lowest BCUT2D eigenvalue weighted by Gasteiger charge is -2.33. The maximum Gasteiger partial charge on any atom is 0.411 e. The zero-order valence-corrected chi connectivity index (χ0v) is 16.1. The highest BCUT2D eigenvalue weighted by Crippen LogP contribution is 2.80. The third kappa shape index (κ3) is 3.06. The van der Waals surface area contributed by atoms with Crippen molar-refractivity contribution in [2.75, 3.05) is 13.2 Å². The van der Waals surface area contributed by atoms with Crippen molar-refractivity contribution in [1.29, 1.82) is 0 Å². The average molecular weight is 426 g/mol. The summed E-state index contributed by atoms with van der Waals surface area (Å²) in [6.45, 7) is 1.37. The molecule has 2 atom stereocenters. The number of halogens is 4. The highest BCUT2D eigenvalue weighted by Gasteiger charge is 2.65. The average Bonchev–Trinajstić information content (AvgIpc) is 2.60. The second-order valence-electron chi connectivity index (χ2n) is 5.77. The highest BCUT2D eigenvalue weighted by molar-refractivity contribution is 7.68. The molecule has 3 bridgehead atoms. The Kier molecular flexibility index (Phi) is 5.07. The third-order valence-electron chi connectivity index (χ3n) is 4.04. The molecule has 11 heteroatoms. The molecule has 0 N–H and O–H groups in total. The second kappa shape index (κ2) is 6.68. The van der Waals surface area contributed by atoms with Gasteiger partial charge in [-0.25, -0.2) is 4.31 Å². The van der Waals surface area contributed by atoms with Crippen molar-refractivity contribution in [3.05, 3.63) is 47.5 Å². The van der Waals surface area contributed by atoms with E-state index >= 15 is 17.6 Å². The molecule has 1 heterocycles. The van der Waals surface area contributed by atoms with Crippen LogP contribution in [-0.4, -0.2) is 13.2 Å². The first-order valence-corrected chi connectivity index (χ1v) is 11.1. The van der Waals surface area contributed by atoms with E-state index in [1.54, 1.807) is 0 Å². The van der Waals surface area contributed by atoms with Gasteiger partial charge in [0.15, 0.2) is 0 Å². The van der Waals surface area contributed by atoms with Crippen LogP contribution in [0.2, 0.25) is 0 Å². The lowest BCUT2D eigenvalue weighted by molar-refractivity contribution is 0.0260. The van der Waals surface area contributed by atoms with Crippen molar-refractivity contribution < 1.29 is 40.0 Å². The molecule has 27 heavy (non-hydrogen) atoms. The molecule has 0 fully saturated rings. The molecule has 148 valence electrons. The van der Waals surface area contributed by atoms with Gasteiger partial charge in [0.25, 0.3) is 0 Å². The van der Waals surface area contributed by atoms with E-state index in [9.17, 15) is 9.13 Å². The molecule has 5 nitrogen and oxygen atoms in total. The summed E-state index contributed by atoms with van der Waals surface area (Å²) in [7, 11) is -11.3. The van der Waals surface area contributed by atoms with Crippen LogP contribution in [0.3, 0.4) is 0 Å². The molecule has 0 radical (unpaired) electrons. The van der Waals surface area contributed by atoms with Crippen LogP contribution in [0.4, 0.5) is 17.6 Å². The standard InChI is InChI=1S/C16H16F4O5P2/c1-3-23-26(21)15(17,18)13-7-5-11-6-8-14(10-12(11)9-13)16(19,20)27(22,25-26)24-4-2/h5-10H,3-4H2,1-2H3. The van der Waals surface area contributed by atoms with Crippen LogP contribution >= 0.6 is 15.2 Å². The van der Waals surface area contributed by atoms with Gasteiger partial charge in [-0.2, -0.15) is 17.6 Å². The van der Waals surface area contributed by atoms with Gasteiger partial charge in [-0.15, -0.1) is 0 Å². The van der Waals surface area contributed by atoms with Gasteiger partial charge in [-0.3, -0.25) is 9.13 Å². The summed E-state index contributed by atoms with van der Waals surface area (Å²) in [4.78, 5) is 0. The summed E-state index contributed by atoms with van der Waals surface area (Å²) in [6, 6.07) is 6.40. The van der Waals surface area contributed by atoms with Gasteiger partial charge >= 0.3 is 26.5 Å². The van der Waals surface area contributed by atoms with Gasteiger partial charge in [0.1, 0.15) is 0 Å². The molecule has 2 aromatic carbocycles. The quantitative estimate of drug-likeness (QED) is 0.417. The molecule has 0 amide bonds. The van der Waals surface area contributed by atoms with Crippen LogP contribution in [0.1, 0.15) is 25.0 Å². The van der Waals surface area contributed by atoms with Crippen LogP contribution < -0.4 is 0 Å². The van der Waals surface area contributed by atoms with Crippen LogP contribution in [0.15, 0.2) is 36.4 Å². The zero-order valence-electron chi connectivity index (χ0n) is 14.3. The number of rotatable bonds is 4. The first-order chi connectivity index (χ1) is 12.5. The van der Waals surface area contributed by atoms with Crippen molar-refractivity contribution >= 4 is 26.0 Å². The number of fused-ring (bicyclic) bond motifs is 2. The fourth-order valence-corrected chi connectivity index (χ4v) is 6.97. The third-order valence-corrected chi connectivity index (χ3v) is 8.84. The van der Waals surface area contributed by atoms with Gasteiger partial charge < -0.3 is 9.05 Å². The minimum Gasteiger partial charge on any atom is -0.304 e. The lowest BCUT2D eigenvalue weighted by Crippen LogP contribution is -2.23. The van der Waals surface area contributed by atoms with Gasteiger partial charge in [0.05, 0.1) is 13.2 Å². The Balaban J connectivity index is 2.41. The molecule has 1 aliphatic heterocycles. The maximum absolute atomic E-state index is 15.0. The number of hydrogen-bond donors (Lipinski definition) is 0. The zero-order chi connectivity index (χ0) is 20.1. The molecule has 0 spiro atoms. The Morgan fingerprint density at radius 2 is 1.22 bits per heavy atom. The monoisotopic (exact) mass is 426 g/mol. The molecule has 2 aromatic rings. The van der Waals surface area contributed by atoms with Crippen LogP contribution in [-0.2, 0) is 33.8 Å². The van der Waals surface area contributed by atoms with Crippen LogP contribution in [0.25, 0.3) is 10.8 Å².